The van der Waals surface area contributed by atoms with Crippen LogP contribution in [0.5, 0.6) is 0 Å². The Hall–Kier alpha value is -1.43. The lowest BCUT2D eigenvalue weighted by atomic mass is 10.1. The number of benzene rings is 1. The zero-order chi connectivity index (χ0) is 13.5. The first-order valence-electron chi connectivity index (χ1n) is 7.13. The number of morpholine rings is 1. The van der Waals surface area contributed by atoms with Crippen LogP contribution in [0.1, 0.15) is 0 Å². The summed E-state index contributed by atoms with van der Waals surface area (Å²) in [5.41, 5.74) is 0.975. The lowest BCUT2D eigenvalue weighted by Crippen LogP contribution is -2.54. The topological polar surface area (TPSA) is 42.0 Å². The second kappa shape index (κ2) is 4.84. The molecule has 0 spiro atoms. The van der Waals surface area contributed by atoms with Gasteiger partial charge < -0.3 is 14.4 Å². The van der Waals surface area contributed by atoms with Gasteiger partial charge in [-0.25, -0.2) is 0 Å². The highest BCUT2D eigenvalue weighted by molar-refractivity contribution is 5.95. The number of hydrogen-bond donors (Lipinski definition) is 0. The van der Waals surface area contributed by atoms with Crippen molar-refractivity contribution < 1.29 is 14.3 Å². The van der Waals surface area contributed by atoms with Crippen molar-refractivity contribution in [1.82, 2.24) is 4.90 Å². The Labute approximate surface area is 118 Å². The lowest BCUT2D eigenvalue weighted by Gasteiger charge is -2.37. The summed E-state index contributed by atoms with van der Waals surface area (Å²) < 4.78 is 11.0. The van der Waals surface area contributed by atoms with Gasteiger partial charge in [0.25, 0.3) is 5.91 Å². The Morgan fingerprint density at radius 3 is 2.60 bits per heavy atom. The molecule has 1 aromatic carbocycles. The van der Waals surface area contributed by atoms with Crippen LogP contribution in [0.3, 0.4) is 0 Å². The Bertz CT molecular complexity index is 503. The quantitative estimate of drug-likeness (QED) is 0.787. The smallest absolute Gasteiger partial charge is 0.253 e. The van der Waals surface area contributed by atoms with Gasteiger partial charge in [0.1, 0.15) is 6.61 Å². The molecule has 0 aromatic heterocycles. The van der Waals surface area contributed by atoms with E-state index in [1.807, 2.05) is 35.2 Å². The molecular formula is C15H18N2O3. The number of fused-ring (bicyclic) bond motifs is 1. The molecule has 4 rings (SSSR count). The van der Waals surface area contributed by atoms with Crippen molar-refractivity contribution in [2.45, 2.75) is 18.2 Å². The highest BCUT2D eigenvalue weighted by Gasteiger charge is 2.46. The number of hydrogen-bond acceptors (Lipinski definition) is 4. The van der Waals surface area contributed by atoms with Crippen molar-refractivity contribution in [3.63, 3.8) is 0 Å². The fourth-order valence-electron chi connectivity index (χ4n) is 3.29. The molecule has 20 heavy (non-hydrogen) atoms. The van der Waals surface area contributed by atoms with E-state index in [1.54, 1.807) is 0 Å². The van der Waals surface area contributed by atoms with Crippen molar-refractivity contribution in [1.29, 1.82) is 0 Å². The number of carbonyl (C=O) groups is 1. The summed E-state index contributed by atoms with van der Waals surface area (Å²) in [4.78, 5) is 16.6. The number of carbonyl (C=O) groups excluding carboxylic acids is 1. The van der Waals surface area contributed by atoms with Gasteiger partial charge in [-0.1, -0.05) is 18.2 Å². The average Bonchev–Trinajstić information content (AvgIpc) is 2.80. The van der Waals surface area contributed by atoms with Gasteiger partial charge in [0.15, 0.2) is 0 Å². The minimum absolute atomic E-state index is 0.0594. The third kappa shape index (κ3) is 1.93. The van der Waals surface area contributed by atoms with E-state index in [2.05, 4.69) is 4.90 Å². The summed E-state index contributed by atoms with van der Waals surface area (Å²) in [7, 11) is 0. The SMILES string of the molecule is O=C1CO[C@@H]2CN(C3COC3)C[C@@H]2N1c1ccccc1. The molecule has 3 aliphatic heterocycles. The maximum atomic E-state index is 12.3. The van der Waals surface area contributed by atoms with Gasteiger partial charge in [-0.3, -0.25) is 9.69 Å². The predicted octanol–water partition coefficient (Wildman–Crippen LogP) is 0.501. The summed E-state index contributed by atoms with van der Waals surface area (Å²) in [6.45, 7) is 3.57. The van der Waals surface area contributed by atoms with Crippen molar-refractivity contribution in [2.24, 2.45) is 0 Å². The number of rotatable bonds is 2. The molecule has 3 saturated heterocycles. The van der Waals surface area contributed by atoms with Crippen LogP contribution >= 0.6 is 0 Å². The van der Waals surface area contributed by atoms with E-state index in [0.29, 0.717) is 6.04 Å². The average molecular weight is 274 g/mol. The summed E-state index contributed by atoms with van der Waals surface area (Å²) in [6, 6.07) is 10.5. The maximum Gasteiger partial charge on any atom is 0.253 e. The predicted molar refractivity (Wildman–Crippen MR) is 73.6 cm³/mol. The number of likely N-dealkylation sites (tertiary alicyclic amines) is 1. The molecular weight excluding hydrogens is 256 g/mol. The summed E-state index contributed by atoms with van der Waals surface area (Å²) in [5, 5.41) is 0. The Morgan fingerprint density at radius 2 is 1.90 bits per heavy atom. The van der Waals surface area contributed by atoms with Crippen molar-refractivity contribution in [3.8, 4) is 0 Å². The summed E-state index contributed by atoms with van der Waals surface area (Å²) in [6.07, 6.45) is 0.119. The number of ether oxygens (including phenoxy) is 2. The standard InChI is InChI=1S/C15H18N2O3/c18-15-10-20-14-7-16(12-8-19-9-12)6-13(14)17(15)11-4-2-1-3-5-11/h1-5,12-14H,6-10H2/t13-,14+/m0/s1. The van der Waals surface area contributed by atoms with E-state index in [4.69, 9.17) is 9.47 Å². The number of nitrogens with zero attached hydrogens (tertiary/aromatic N) is 2. The van der Waals surface area contributed by atoms with Gasteiger partial charge in [0.2, 0.25) is 0 Å². The fourth-order valence-corrected chi connectivity index (χ4v) is 3.29. The van der Waals surface area contributed by atoms with Crippen molar-refractivity contribution in [2.75, 3.05) is 37.8 Å². The highest BCUT2D eigenvalue weighted by Crippen LogP contribution is 2.30. The molecule has 1 amide bonds. The van der Waals surface area contributed by atoms with Crippen molar-refractivity contribution in [3.05, 3.63) is 30.3 Å². The van der Waals surface area contributed by atoms with Crippen LogP contribution in [0.4, 0.5) is 5.69 Å². The van der Waals surface area contributed by atoms with Crippen LogP contribution in [-0.4, -0.2) is 61.9 Å². The monoisotopic (exact) mass is 274 g/mol. The van der Waals surface area contributed by atoms with Gasteiger partial charge in [-0.2, -0.15) is 0 Å². The number of anilines is 1. The molecule has 3 aliphatic rings. The normalized spacial score (nSPS) is 31.2. The number of amides is 1. The van der Waals surface area contributed by atoms with Crippen molar-refractivity contribution >= 4 is 11.6 Å². The van der Waals surface area contributed by atoms with E-state index >= 15 is 0 Å². The van der Waals surface area contributed by atoms with Crippen LogP contribution < -0.4 is 4.90 Å². The van der Waals surface area contributed by atoms with Gasteiger partial charge in [0, 0.05) is 18.8 Å². The molecule has 2 atom stereocenters. The first-order chi connectivity index (χ1) is 9.83. The highest BCUT2D eigenvalue weighted by atomic mass is 16.5. The Kier molecular flexibility index (Phi) is 2.98. The van der Waals surface area contributed by atoms with Gasteiger partial charge >= 0.3 is 0 Å². The molecule has 0 aliphatic carbocycles. The van der Waals surface area contributed by atoms with E-state index in [1.165, 1.54) is 0 Å². The molecule has 0 saturated carbocycles. The maximum absolute atomic E-state index is 12.3. The minimum atomic E-state index is 0.0594. The van der Waals surface area contributed by atoms with E-state index < -0.39 is 0 Å². The zero-order valence-corrected chi connectivity index (χ0v) is 11.3. The first-order valence-corrected chi connectivity index (χ1v) is 7.13. The van der Waals surface area contributed by atoms with Crippen LogP contribution in [0.15, 0.2) is 30.3 Å². The van der Waals surface area contributed by atoms with Gasteiger partial charge in [-0.15, -0.1) is 0 Å². The molecule has 5 heteroatoms. The number of para-hydroxylation sites is 1. The fraction of sp³-hybridized carbons (Fsp3) is 0.533. The Morgan fingerprint density at radius 1 is 1.10 bits per heavy atom. The minimum Gasteiger partial charge on any atom is -0.378 e. The van der Waals surface area contributed by atoms with Gasteiger partial charge in [-0.05, 0) is 12.1 Å². The molecule has 3 heterocycles. The van der Waals surface area contributed by atoms with E-state index in [-0.39, 0.29) is 24.7 Å². The second-order valence-corrected chi connectivity index (χ2v) is 5.66. The summed E-state index contributed by atoms with van der Waals surface area (Å²) >= 11 is 0. The van der Waals surface area contributed by atoms with E-state index in [0.717, 1.165) is 32.0 Å². The lowest BCUT2D eigenvalue weighted by molar-refractivity contribution is -0.130. The molecule has 3 fully saturated rings. The molecule has 0 N–H and O–H groups in total. The largest absolute Gasteiger partial charge is 0.378 e. The molecule has 1 aromatic rings. The molecule has 5 nitrogen and oxygen atoms in total. The molecule has 106 valence electrons. The van der Waals surface area contributed by atoms with Crippen LogP contribution in [0, 0.1) is 0 Å². The zero-order valence-electron chi connectivity index (χ0n) is 11.3. The van der Waals surface area contributed by atoms with Crippen LogP contribution in [0.2, 0.25) is 0 Å². The second-order valence-electron chi connectivity index (χ2n) is 5.66. The molecule has 0 unspecified atom stereocenters. The van der Waals surface area contributed by atoms with Gasteiger partial charge in [0.05, 0.1) is 31.4 Å². The third-order valence-corrected chi connectivity index (χ3v) is 4.46. The molecule has 0 radical (unpaired) electrons. The Balaban J connectivity index is 1.59. The van der Waals surface area contributed by atoms with Crippen LogP contribution in [-0.2, 0) is 14.3 Å². The first kappa shape index (κ1) is 12.3. The summed E-state index contributed by atoms with van der Waals surface area (Å²) in [5.74, 6) is 0.0594. The van der Waals surface area contributed by atoms with E-state index in [9.17, 15) is 4.79 Å². The third-order valence-electron chi connectivity index (χ3n) is 4.46. The molecule has 0 bridgehead atoms. The van der Waals surface area contributed by atoms with Crippen LogP contribution in [0.25, 0.3) is 0 Å².